The van der Waals surface area contributed by atoms with E-state index in [-0.39, 0.29) is 17.4 Å². The Morgan fingerprint density at radius 2 is 1.85 bits per heavy atom. The predicted octanol–water partition coefficient (Wildman–Crippen LogP) is 3.73. The standard InChI is InChI=1S/C25H22N6O2/c1-17-24(27-29-30(17)16-18-8-3-2-4-9-18)25(33)31-22(20-11-5-6-12-23(20)32)14-21(28-31)19-10-7-13-26-15-19/h2-13,15,22,32H,14,16H2,1H3. The number of nitrogens with zero attached hydrogens (tertiary/aromatic N) is 6. The smallest absolute Gasteiger partial charge is 0.297 e. The van der Waals surface area contributed by atoms with Crippen LogP contribution in [0.5, 0.6) is 5.75 Å². The summed E-state index contributed by atoms with van der Waals surface area (Å²) in [7, 11) is 0. The van der Waals surface area contributed by atoms with Crippen molar-refractivity contribution in [2.45, 2.75) is 25.9 Å². The highest BCUT2D eigenvalue weighted by Gasteiger charge is 2.37. The number of carbonyl (C=O) groups excluding carboxylic acids is 1. The average Bonchev–Trinajstić information content (AvgIpc) is 3.45. The summed E-state index contributed by atoms with van der Waals surface area (Å²) < 4.78 is 1.71. The summed E-state index contributed by atoms with van der Waals surface area (Å²) in [6, 6.07) is 20.2. The van der Waals surface area contributed by atoms with Crippen LogP contribution in [0.1, 0.15) is 45.3 Å². The van der Waals surface area contributed by atoms with Gasteiger partial charge in [-0.3, -0.25) is 9.78 Å². The maximum absolute atomic E-state index is 13.6. The van der Waals surface area contributed by atoms with Crippen LogP contribution >= 0.6 is 0 Å². The monoisotopic (exact) mass is 438 g/mol. The zero-order valence-corrected chi connectivity index (χ0v) is 18.0. The fraction of sp³-hybridized carbons (Fsp3) is 0.160. The number of pyridine rings is 1. The third-order valence-electron chi connectivity index (χ3n) is 5.77. The molecule has 2 aromatic carbocycles. The largest absolute Gasteiger partial charge is 0.508 e. The van der Waals surface area contributed by atoms with Crippen LogP contribution < -0.4 is 0 Å². The summed E-state index contributed by atoms with van der Waals surface area (Å²) >= 11 is 0. The molecule has 1 amide bonds. The summed E-state index contributed by atoms with van der Waals surface area (Å²) in [6.07, 6.45) is 3.86. The second-order valence-electron chi connectivity index (χ2n) is 7.88. The maximum Gasteiger partial charge on any atom is 0.297 e. The number of rotatable bonds is 5. The highest BCUT2D eigenvalue weighted by atomic mass is 16.3. The highest BCUT2D eigenvalue weighted by molar-refractivity contribution is 6.04. The Morgan fingerprint density at radius 3 is 2.61 bits per heavy atom. The number of aromatic hydroxyl groups is 1. The molecule has 0 saturated carbocycles. The minimum Gasteiger partial charge on any atom is -0.508 e. The molecule has 0 fully saturated rings. The van der Waals surface area contributed by atoms with Gasteiger partial charge in [-0.05, 0) is 24.6 Å². The number of para-hydroxylation sites is 1. The van der Waals surface area contributed by atoms with Crippen molar-refractivity contribution in [2.75, 3.05) is 0 Å². The number of phenolic OH excluding ortho intramolecular Hbond substituents is 1. The number of amides is 1. The van der Waals surface area contributed by atoms with Crippen LogP contribution in [0, 0.1) is 6.92 Å². The van der Waals surface area contributed by atoms with E-state index >= 15 is 0 Å². The third-order valence-corrected chi connectivity index (χ3v) is 5.77. The van der Waals surface area contributed by atoms with E-state index in [1.807, 2.05) is 55.5 Å². The number of hydrogen-bond donors (Lipinski definition) is 1. The molecule has 0 radical (unpaired) electrons. The van der Waals surface area contributed by atoms with Gasteiger partial charge in [0, 0.05) is 29.9 Å². The van der Waals surface area contributed by atoms with Gasteiger partial charge in [0.25, 0.3) is 5.91 Å². The fourth-order valence-electron chi connectivity index (χ4n) is 3.99. The van der Waals surface area contributed by atoms with Crippen molar-refractivity contribution in [2.24, 2.45) is 5.10 Å². The topological polar surface area (TPSA) is 96.5 Å². The quantitative estimate of drug-likeness (QED) is 0.512. The minimum atomic E-state index is -0.465. The van der Waals surface area contributed by atoms with Crippen molar-refractivity contribution in [3.63, 3.8) is 0 Å². The first-order valence-electron chi connectivity index (χ1n) is 10.6. The van der Waals surface area contributed by atoms with Gasteiger partial charge < -0.3 is 5.11 Å². The highest BCUT2D eigenvalue weighted by Crippen LogP contribution is 2.37. The second-order valence-corrected chi connectivity index (χ2v) is 7.88. The van der Waals surface area contributed by atoms with Gasteiger partial charge in [-0.25, -0.2) is 9.69 Å². The van der Waals surface area contributed by atoms with E-state index in [1.165, 1.54) is 5.01 Å². The number of carbonyl (C=O) groups is 1. The Morgan fingerprint density at radius 1 is 1.06 bits per heavy atom. The van der Waals surface area contributed by atoms with Crippen molar-refractivity contribution >= 4 is 11.6 Å². The first-order valence-corrected chi connectivity index (χ1v) is 10.6. The molecule has 2 aromatic heterocycles. The number of hydrazone groups is 1. The molecular formula is C25H22N6O2. The molecule has 33 heavy (non-hydrogen) atoms. The molecule has 0 aliphatic carbocycles. The lowest BCUT2D eigenvalue weighted by Crippen LogP contribution is -2.28. The molecule has 0 saturated heterocycles. The Balaban J connectivity index is 1.50. The normalized spacial score (nSPS) is 15.5. The number of hydrogen-bond acceptors (Lipinski definition) is 6. The average molecular weight is 438 g/mol. The van der Waals surface area contributed by atoms with Crippen LogP contribution in [-0.2, 0) is 6.54 Å². The van der Waals surface area contributed by atoms with Crippen LogP contribution in [-0.4, -0.2) is 41.7 Å². The van der Waals surface area contributed by atoms with Gasteiger partial charge in [0.2, 0.25) is 0 Å². The summed E-state index contributed by atoms with van der Waals surface area (Å²) in [6.45, 7) is 2.34. The van der Waals surface area contributed by atoms with Gasteiger partial charge >= 0.3 is 0 Å². The van der Waals surface area contributed by atoms with Crippen LogP contribution in [0.4, 0.5) is 0 Å². The lowest BCUT2D eigenvalue weighted by atomic mass is 9.98. The van der Waals surface area contributed by atoms with Gasteiger partial charge in [0.15, 0.2) is 5.69 Å². The Labute approximate surface area is 190 Å². The lowest BCUT2D eigenvalue weighted by Gasteiger charge is -2.22. The van der Waals surface area contributed by atoms with Crippen molar-refractivity contribution in [1.29, 1.82) is 0 Å². The molecule has 4 aromatic rings. The van der Waals surface area contributed by atoms with E-state index in [4.69, 9.17) is 0 Å². The zero-order valence-electron chi connectivity index (χ0n) is 18.0. The van der Waals surface area contributed by atoms with Gasteiger partial charge in [-0.1, -0.05) is 59.8 Å². The van der Waals surface area contributed by atoms with E-state index < -0.39 is 6.04 Å². The summed E-state index contributed by atoms with van der Waals surface area (Å²) in [5.41, 5.74) is 4.14. The molecule has 1 aliphatic heterocycles. The van der Waals surface area contributed by atoms with E-state index in [0.717, 1.165) is 16.8 Å². The molecule has 164 valence electrons. The van der Waals surface area contributed by atoms with Crippen molar-refractivity contribution in [1.82, 2.24) is 25.0 Å². The van der Waals surface area contributed by atoms with Gasteiger partial charge in [-0.2, -0.15) is 5.10 Å². The Kier molecular flexibility index (Phi) is 5.40. The molecule has 0 bridgehead atoms. The van der Waals surface area contributed by atoms with Crippen LogP contribution in [0.25, 0.3) is 0 Å². The molecule has 1 aliphatic rings. The van der Waals surface area contributed by atoms with E-state index in [1.54, 1.807) is 35.3 Å². The summed E-state index contributed by atoms with van der Waals surface area (Å²) in [5.74, 6) is -0.244. The molecular weight excluding hydrogens is 416 g/mol. The van der Waals surface area contributed by atoms with E-state index in [0.29, 0.717) is 24.2 Å². The minimum absolute atomic E-state index is 0.118. The molecule has 0 spiro atoms. The lowest BCUT2D eigenvalue weighted by molar-refractivity contribution is 0.0702. The molecule has 3 heterocycles. The van der Waals surface area contributed by atoms with E-state index in [2.05, 4.69) is 20.4 Å². The SMILES string of the molecule is Cc1c(C(=O)N2N=C(c3cccnc3)CC2c2ccccc2O)nnn1Cc1ccccc1. The van der Waals surface area contributed by atoms with Crippen LogP contribution in [0.2, 0.25) is 0 Å². The number of aromatic nitrogens is 4. The third kappa shape index (κ3) is 3.98. The fourth-order valence-corrected chi connectivity index (χ4v) is 3.99. The zero-order chi connectivity index (χ0) is 22.8. The second kappa shape index (κ2) is 8.66. The van der Waals surface area contributed by atoms with Crippen molar-refractivity contribution in [3.05, 3.63) is 107 Å². The predicted molar refractivity (Wildman–Crippen MR) is 123 cm³/mol. The summed E-state index contributed by atoms with van der Waals surface area (Å²) in [4.78, 5) is 17.8. The van der Waals surface area contributed by atoms with Crippen molar-refractivity contribution < 1.29 is 9.90 Å². The number of phenols is 1. The molecule has 8 heteroatoms. The molecule has 8 nitrogen and oxygen atoms in total. The molecule has 1 atom stereocenters. The molecule has 1 N–H and O–H groups in total. The van der Waals surface area contributed by atoms with Crippen LogP contribution in [0.3, 0.4) is 0 Å². The van der Waals surface area contributed by atoms with Crippen LogP contribution in [0.15, 0.2) is 84.2 Å². The van der Waals surface area contributed by atoms with Gasteiger partial charge in [0.05, 0.1) is 24.0 Å². The molecule has 5 rings (SSSR count). The summed E-state index contributed by atoms with van der Waals surface area (Å²) in [5, 5.41) is 24.9. The Hall–Kier alpha value is -4.33. The first-order chi connectivity index (χ1) is 16.1. The Bertz CT molecular complexity index is 1320. The number of benzene rings is 2. The van der Waals surface area contributed by atoms with Gasteiger partial charge in [0.1, 0.15) is 5.75 Å². The van der Waals surface area contributed by atoms with Crippen molar-refractivity contribution in [3.8, 4) is 5.75 Å². The van der Waals surface area contributed by atoms with Gasteiger partial charge in [-0.15, -0.1) is 5.10 Å². The first kappa shape index (κ1) is 20.6. The van der Waals surface area contributed by atoms with E-state index in [9.17, 15) is 9.90 Å². The molecule has 1 unspecified atom stereocenters. The maximum atomic E-state index is 13.6.